The Balaban J connectivity index is 1.58. The Morgan fingerprint density at radius 2 is 2.19 bits per heavy atom. The van der Waals surface area contributed by atoms with E-state index in [9.17, 15) is 0 Å². The number of ether oxygens (including phenoxy) is 1. The van der Waals surface area contributed by atoms with Crippen molar-refractivity contribution in [1.29, 1.82) is 0 Å². The van der Waals surface area contributed by atoms with Crippen LogP contribution < -0.4 is 5.32 Å². The van der Waals surface area contributed by atoms with E-state index in [1.165, 1.54) is 5.56 Å². The van der Waals surface area contributed by atoms with Crippen LogP contribution >= 0.6 is 0 Å². The molecule has 0 saturated carbocycles. The molecule has 114 valence electrons. The van der Waals surface area contributed by atoms with Crippen LogP contribution in [-0.2, 0) is 17.8 Å². The predicted molar refractivity (Wildman–Crippen MR) is 81.1 cm³/mol. The number of anilines is 1. The summed E-state index contributed by atoms with van der Waals surface area (Å²) in [7, 11) is 0. The van der Waals surface area contributed by atoms with Gasteiger partial charge in [-0.25, -0.2) is 0 Å². The molecule has 2 unspecified atom stereocenters. The van der Waals surface area contributed by atoms with Crippen LogP contribution in [0.15, 0.2) is 24.8 Å². The molecule has 1 N–H and O–H groups in total. The average Bonchev–Trinajstić information content (AvgIpc) is 3.20. The normalized spacial score (nSPS) is 19.8. The summed E-state index contributed by atoms with van der Waals surface area (Å²) >= 11 is 0. The Morgan fingerprint density at radius 3 is 2.90 bits per heavy atom. The van der Waals surface area contributed by atoms with Gasteiger partial charge in [0.2, 0.25) is 0 Å². The molecule has 3 rings (SSSR count). The summed E-state index contributed by atoms with van der Waals surface area (Å²) in [5.41, 5.74) is 2.22. The van der Waals surface area contributed by atoms with Gasteiger partial charge in [0, 0.05) is 31.1 Å². The molecule has 6 heteroatoms. The quantitative estimate of drug-likeness (QED) is 0.887. The molecule has 0 radical (unpaired) electrons. The molecular formula is C15H23N5O. The Hall–Kier alpha value is -1.82. The van der Waals surface area contributed by atoms with Crippen LogP contribution in [0.25, 0.3) is 0 Å². The van der Waals surface area contributed by atoms with Gasteiger partial charge in [0.25, 0.3) is 0 Å². The third kappa shape index (κ3) is 3.44. The first-order chi connectivity index (χ1) is 10.2. The monoisotopic (exact) mass is 289 g/mol. The Bertz CT molecular complexity index is 570. The molecule has 6 nitrogen and oxygen atoms in total. The molecule has 3 heterocycles. The number of hydrogen-bond acceptors (Lipinski definition) is 4. The fourth-order valence-corrected chi connectivity index (χ4v) is 2.64. The minimum atomic E-state index is 0.214. The van der Waals surface area contributed by atoms with E-state index in [0.29, 0.717) is 6.10 Å². The first-order valence-electron chi connectivity index (χ1n) is 7.67. The van der Waals surface area contributed by atoms with E-state index in [2.05, 4.69) is 35.6 Å². The minimum absolute atomic E-state index is 0.214. The number of nitrogens with one attached hydrogen (secondary N) is 1. The van der Waals surface area contributed by atoms with Crippen LogP contribution in [0.5, 0.6) is 0 Å². The zero-order chi connectivity index (χ0) is 14.7. The number of aromatic nitrogens is 4. The van der Waals surface area contributed by atoms with Crippen molar-refractivity contribution in [3.8, 4) is 0 Å². The molecule has 0 bridgehead atoms. The van der Waals surface area contributed by atoms with Crippen LogP contribution in [0.1, 0.15) is 38.3 Å². The van der Waals surface area contributed by atoms with Crippen molar-refractivity contribution in [2.75, 3.05) is 11.9 Å². The highest BCUT2D eigenvalue weighted by Crippen LogP contribution is 2.19. The molecule has 0 amide bonds. The average molecular weight is 289 g/mol. The van der Waals surface area contributed by atoms with Crippen LogP contribution in [0.4, 0.5) is 5.69 Å². The molecule has 1 aliphatic rings. The highest BCUT2D eigenvalue weighted by molar-refractivity contribution is 5.40. The fourth-order valence-electron chi connectivity index (χ4n) is 2.64. The van der Waals surface area contributed by atoms with Crippen molar-refractivity contribution in [2.24, 2.45) is 0 Å². The number of nitrogens with zero attached hydrogens (tertiary/aromatic N) is 4. The van der Waals surface area contributed by atoms with Gasteiger partial charge in [-0.1, -0.05) is 0 Å². The lowest BCUT2D eigenvalue weighted by molar-refractivity contribution is 0.0940. The predicted octanol–water partition coefficient (Wildman–Crippen LogP) is 2.45. The van der Waals surface area contributed by atoms with Gasteiger partial charge in [-0.05, 0) is 26.7 Å². The Labute approximate surface area is 125 Å². The van der Waals surface area contributed by atoms with Gasteiger partial charge in [-0.2, -0.15) is 10.2 Å². The summed E-state index contributed by atoms with van der Waals surface area (Å²) in [6.07, 6.45) is 10.5. The second kappa shape index (κ2) is 6.30. The largest absolute Gasteiger partial charge is 0.376 e. The van der Waals surface area contributed by atoms with Gasteiger partial charge in [-0.15, -0.1) is 0 Å². The maximum absolute atomic E-state index is 5.64. The molecule has 2 aromatic heterocycles. The van der Waals surface area contributed by atoms with Gasteiger partial charge in [0.15, 0.2) is 0 Å². The van der Waals surface area contributed by atoms with Gasteiger partial charge in [-0.3, -0.25) is 9.36 Å². The molecular weight excluding hydrogens is 266 g/mol. The van der Waals surface area contributed by atoms with Crippen molar-refractivity contribution in [3.63, 3.8) is 0 Å². The summed E-state index contributed by atoms with van der Waals surface area (Å²) in [6.45, 7) is 6.84. The topological polar surface area (TPSA) is 56.9 Å². The molecule has 1 fully saturated rings. The lowest BCUT2D eigenvalue weighted by Gasteiger charge is -2.11. The van der Waals surface area contributed by atoms with Gasteiger partial charge < -0.3 is 10.1 Å². The standard InChI is InChI=1S/C15H23N5O/c1-3-19-9-13(7-16-19)12(2)18-14-8-17-20(10-14)11-15-5-4-6-21-15/h7-10,12,15,18H,3-6,11H2,1-2H3. The smallest absolute Gasteiger partial charge is 0.0771 e. The van der Waals surface area contributed by atoms with E-state index < -0.39 is 0 Å². The molecule has 0 aromatic carbocycles. The van der Waals surface area contributed by atoms with Crippen molar-refractivity contribution >= 4 is 5.69 Å². The lowest BCUT2D eigenvalue weighted by Crippen LogP contribution is -2.15. The van der Waals surface area contributed by atoms with Crippen molar-refractivity contribution in [1.82, 2.24) is 19.6 Å². The first-order valence-corrected chi connectivity index (χ1v) is 7.67. The lowest BCUT2D eigenvalue weighted by atomic mass is 10.2. The second-order valence-corrected chi connectivity index (χ2v) is 5.58. The van der Waals surface area contributed by atoms with Crippen molar-refractivity contribution < 1.29 is 4.74 Å². The van der Waals surface area contributed by atoms with Crippen molar-refractivity contribution in [2.45, 2.75) is 51.9 Å². The summed E-state index contributed by atoms with van der Waals surface area (Å²) < 4.78 is 9.54. The highest BCUT2D eigenvalue weighted by Gasteiger charge is 2.16. The SMILES string of the molecule is CCn1cc(C(C)Nc2cnn(CC3CCCO3)c2)cn1. The van der Waals surface area contributed by atoms with Gasteiger partial charge in [0.05, 0.1) is 36.8 Å². The summed E-state index contributed by atoms with van der Waals surface area (Å²) in [4.78, 5) is 0. The van der Waals surface area contributed by atoms with Crippen LogP contribution in [0.2, 0.25) is 0 Å². The maximum atomic E-state index is 5.64. The van der Waals surface area contributed by atoms with E-state index in [4.69, 9.17) is 4.74 Å². The first kappa shape index (κ1) is 14.1. The van der Waals surface area contributed by atoms with Crippen LogP contribution in [-0.4, -0.2) is 32.3 Å². The summed E-state index contributed by atoms with van der Waals surface area (Å²) in [5.74, 6) is 0. The van der Waals surface area contributed by atoms with E-state index in [1.54, 1.807) is 0 Å². The zero-order valence-electron chi connectivity index (χ0n) is 12.7. The second-order valence-electron chi connectivity index (χ2n) is 5.58. The highest BCUT2D eigenvalue weighted by atomic mass is 16.5. The van der Waals surface area contributed by atoms with E-state index >= 15 is 0 Å². The maximum Gasteiger partial charge on any atom is 0.0771 e. The van der Waals surface area contributed by atoms with E-state index in [1.807, 2.05) is 28.0 Å². The van der Waals surface area contributed by atoms with Gasteiger partial charge >= 0.3 is 0 Å². The number of rotatable bonds is 6. The van der Waals surface area contributed by atoms with E-state index in [0.717, 1.165) is 38.2 Å². The zero-order valence-corrected chi connectivity index (χ0v) is 12.7. The Kier molecular flexibility index (Phi) is 4.24. The third-order valence-electron chi connectivity index (χ3n) is 3.91. The molecule has 1 aliphatic heterocycles. The minimum Gasteiger partial charge on any atom is -0.376 e. The molecule has 2 aromatic rings. The number of hydrogen-bond donors (Lipinski definition) is 1. The van der Waals surface area contributed by atoms with Crippen LogP contribution in [0.3, 0.4) is 0 Å². The number of aryl methyl sites for hydroxylation is 1. The fraction of sp³-hybridized carbons (Fsp3) is 0.600. The molecule has 0 aliphatic carbocycles. The summed E-state index contributed by atoms with van der Waals surface area (Å²) in [6, 6.07) is 0.214. The summed E-state index contributed by atoms with van der Waals surface area (Å²) in [5, 5.41) is 12.2. The molecule has 1 saturated heterocycles. The third-order valence-corrected chi connectivity index (χ3v) is 3.91. The van der Waals surface area contributed by atoms with Gasteiger partial charge in [0.1, 0.15) is 0 Å². The van der Waals surface area contributed by atoms with Crippen LogP contribution in [0, 0.1) is 0 Å². The Morgan fingerprint density at radius 1 is 1.33 bits per heavy atom. The van der Waals surface area contributed by atoms with Crippen molar-refractivity contribution in [3.05, 3.63) is 30.4 Å². The molecule has 21 heavy (non-hydrogen) atoms. The molecule has 2 atom stereocenters. The van der Waals surface area contributed by atoms with E-state index in [-0.39, 0.29) is 6.04 Å². The molecule has 0 spiro atoms.